The van der Waals surface area contributed by atoms with Crippen molar-refractivity contribution in [2.24, 2.45) is 7.05 Å². The number of nitrogens with one attached hydrogen (secondary N) is 1. The fourth-order valence-electron chi connectivity index (χ4n) is 6.17. The summed E-state index contributed by atoms with van der Waals surface area (Å²) in [6.07, 6.45) is 1.53. The number of hydrogen-bond donors (Lipinski definition) is 2. The number of imidazole rings is 1. The molecule has 2 aliphatic heterocycles. The minimum absolute atomic E-state index is 0.108. The van der Waals surface area contributed by atoms with Crippen molar-refractivity contribution in [2.75, 3.05) is 89.4 Å². The Balaban J connectivity index is 0.927. The molecule has 0 atom stereocenters. The van der Waals surface area contributed by atoms with Crippen molar-refractivity contribution >= 4 is 34.4 Å². The molecule has 0 saturated carbocycles. The Hall–Kier alpha value is -5.00. The van der Waals surface area contributed by atoms with Crippen LogP contribution in [0.4, 0.5) is 16.0 Å². The molecule has 17 heteroatoms. The maximum atomic E-state index is 15.1. The molecule has 16 nitrogen and oxygen atoms in total. The molecule has 1 amide bonds. The molecule has 2 saturated heterocycles. The monoisotopic (exact) mass is 663 g/mol. The van der Waals surface area contributed by atoms with Gasteiger partial charge in [0, 0.05) is 78.6 Å². The molecule has 254 valence electrons. The molecule has 0 spiro atoms. The summed E-state index contributed by atoms with van der Waals surface area (Å²) in [6, 6.07) is 8.17. The first-order chi connectivity index (χ1) is 23.4. The molecular weight excluding hydrogens is 625 g/mol. The lowest BCUT2D eigenvalue weighted by Crippen LogP contribution is -2.47. The fraction of sp³-hybridized carbons (Fsp3) is 0.452. The van der Waals surface area contributed by atoms with E-state index in [0.717, 1.165) is 19.6 Å². The lowest BCUT2D eigenvalue weighted by atomic mass is 10.2. The second-order valence-electron chi connectivity index (χ2n) is 11.8. The zero-order valence-electron chi connectivity index (χ0n) is 26.7. The number of piperazine rings is 1. The van der Waals surface area contributed by atoms with E-state index in [1.807, 2.05) is 4.90 Å². The van der Waals surface area contributed by atoms with Crippen LogP contribution in [0.25, 0.3) is 28.4 Å². The van der Waals surface area contributed by atoms with E-state index in [0.29, 0.717) is 98.9 Å². The quantitative estimate of drug-likeness (QED) is 0.200. The van der Waals surface area contributed by atoms with E-state index >= 15 is 4.39 Å². The highest BCUT2D eigenvalue weighted by atomic mass is 19.1. The molecule has 6 heterocycles. The van der Waals surface area contributed by atoms with E-state index in [9.17, 15) is 9.59 Å². The highest BCUT2D eigenvalue weighted by Gasteiger charge is 2.24. The molecule has 0 bridgehead atoms. The summed E-state index contributed by atoms with van der Waals surface area (Å²) >= 11 is 0. The first-order valence-corrected chi connectivity index (χ1v) is 16.0. The summed E-state index contributed by atoms with van der Waals surface area (Å²) in [4.78, 5) is 41.0. The van der Waals surface area contributed by atoms with Crippen molar-refractivity contribution in [3.05, 3.63) is 52.9 Å². The van der Waals surface area contributed by atoms with Gasteiger partial charge in [-0.1, -0.05) is 0 Å². The SMILES string of the molecule is Cn1c(=O)n(CCN2CCN(c3ccc(OCC(=O)NCCN4CCOCC4)cc3F)CC2)c2nc(N)n3nc(-c4ccco4)nc3c21. The van der Waals surface area contributed by atoms with E-state index in [-0.39, 0.29) is 24.2 Å². The Morgan fingerprint density at radius 1 is 1.02 bits per heavy atom. The molecule has 0 radical (unpaired) electrons. The number of nitrogens with two attached hydrogens (primary N) is 1. The number of halogens is 1. The number of nitrogens with zero attached hydrogens (tertiary/aromatic N) is 9. The summed E-state index contributed by atoms with van der Waals surface area (Å²) in [7, 11) is 1.67. The van der Waals surface area contributed by atoms with Crippen LogP contribution in [0, 0.1) is 5.82 Å². The van der Waals surface area contributed by atoms with Gasteiger partial charge in [0.1, 0.15) is 17.1 Å². The third-order valence-electron chi connectivity index (χ3n) is 8.81. The molecule has 3 N–H and O–H groups in total. The van der Waals surface area contributed by atoms with Crippen LogP contribution < -0.4 is 26.4 Å². The molecule has 2 aliphatic rings. The normalized spacial score (nSPS) is 16.2. The molecular formula is C31H38FN11O5. The number of nitrogen functional groups attached to an aromatic ring is 1. The minimum Gasteiger partial charge on any atom is -0.484 e. The number of anilines is 2. The standard InChI is InChI=1S/C31H38FN11O5/c1-38-26-28(36-30(33)43-29(26)35-27(37-43)24-3-2-16-47-24)42(31(38)45)13-10-40-8-11-41(12-9-40)23-5-4-21(19-22(23)32)48-20-25(44)34-6-7-39-14-17-46-18-15-39/h2-5,16,19H,6-15,17-18,20H2,1H3,(H2,33,36)(H,34,44). The first-order valence-electron chi connectivity index (χ1n) is 16.0. The summed E-state index contributed by atoms with van der Waals surface area (Å²) in [5.41, 5.74) is 7.85. The van der Waals surface area contributed by atoms with Crippen LogP contribution in [0.15, 0.2) is 45.8 Å². The van der Waals surface area contributed by atoms with Gasteiger partial charge in [0.05, 0.1) is 25.2 Å². The number of carbonyl (C=O) groups is 1. The van der Waals surface area contributed by atoms with Crippen molar-refractivity contribution < 1.29 is 23.1 Å². The van der Waals surface area contributed by atoms with E-state index in [2.05, 4.69) is 30.2 Å². The number of morpholine rings is 1. The second kappa shape index (κ2) is 13.6. The van der Waals surface area contributed by atoms with Gasteiger partial charge in [0.15, 0.2) is 23.7 Å². The predicted octanol–water partition coefficient (Wildman–Crippen LogP) is 0.408. The molecule has 5 aromatic rings. The molecule has 0 aliphatic carbocycles. The maximum Gasteiger partial charge on any atom is 0.330 e. The lowest BCUT2D eigenvalue weighted by molar-refractivity contribution is -0.123. The van der Waals surface area contributed by atoms with Gasteiger partial charge in [0.25, 0.3) is 5.91 Å². The maximum absolute atomic E-state index is 15.1. The summed E-state index contributed by atoms with van der Waals surface area (Å²) in [5, 5.41) is 7.26. The van der Waals surface area contributed by atoms with Crippen molar-refractivity contribution in [1.29, 1.82) is 0 Å². The highest BCUT2D eigenvalue weighted by Crippen LogP contribution is 2.26. The van der Waals surface area contributed by atoms with Crippen molar-refractivity contribution in [2.45, 2.75) is 6.54 Å². The van der Waals surface area contributed by atoms with Crippen LogP contribution in [0.5, 0.6) is 5.75 Å². The fourth-order valence-corrected chi connectivity index (χ4v) is 6.17. The second-order valence-corrected chi connectivity index (χ2v) is 11.8. The molecule has 48 heavy (non-hydrogen) atoms. The van der Waals surface area contributed by atoms with Crippen LogP contribution in [0.2, 0.25) is 0 Å². The number of rotatable bonds is 11. The number of carbonyl (C=O) groups excluding carboxylic acids is 1. The third kappa shape index (κ3) is 6.43. The van der Waals surface area contributed by atoms with Gasteiger partial charge in [-0.15, -0.1) is 5.10 Å². The predicted molar refractivity (Wildman–Crippen MR) is 174 cm³/mol. The van der Waals surface area contributed by atoms with E-state index in [4.69, 9.17) is 19.6 Å². The van der Waals surface area contributed by atoms with Crippen molar-refractivity contribution in [3.8, 4) is 17.3 Å². The van der Waals surface area contributed by atoms with Crippen molar-refractivity contribution in [1.82, 2.24) is 43.8 Å². The summed E-state index contributed by atoms with van der Waals surface area (Å²) in [5.74, 6) is 0.574. The van der Waals surface area contributed by atoms with Gasteiger partial charge in [0.2, 0.25) is 11.8 Å². The van der Waals surface area contributed by atoms with Crippen LogP contribution in [0.3, 0.4) is 0 Å². The lowest BCUT2D eigenvalue weighted by Gasteiger charge is -2.36. The largest absolute Gasteiger partial charge is 0.484 e. The summed E-state index contributed by atoms with van der Waals surface area (Å²) in [6.45, 7) is 7.77. The highest BCUT2D eigenvalue weighted by molar-refractivity contribution is 5.88. The zero-order valence-corrected chi connectivity index (χ0v) is 26.7. The number of furan rings is 1. The topological polar surface area (TPSA) is 166 Å². The van der Waals surface area contributed by atoms with Gasteiger partial charge >= 0.3 is 5.69 Å². The molecule has 2 fully saturated rings. The van der Waals surface area contributed by atoms with Crippen LogP contribution in [-0.2, 0) is 23.1 Å². The van der Waals surface area contributed by atoms with Crippen molar-refractivity contribution in [3.63, 3.8) is 0 Å². The number of amides is 1. The number of hydrogen-bond acceptors (Lipinski definition) is 12. The van der Waals surface area contributed by atoms with Gasteiger partial charge in [-0.2, -0.15) is 9.50 Å². The molecule has 7 rings (SSSR count). The third-order valence-corrected chi connectivity index (χ3v) is 8.81. The number of fused-ring (bicyclic) bond motifs is 3. The Kier molecular flexibility index (Phi) is 8.96. The Morgan fingerprint density at radius 2 is 1.81 bits per heavy atom. The Morgan fingerprint density at radius 3 is 2.56 bits per heavy atom. The number of ether oxygens (including phenoxy) is 2. The first kappa shape index (κ1) is 31.6. The van der Waals surface area contributed by atoms with E-state index in [1.54, 1.807) is 35.9 Å². The number of aryl methyl sites for hydroxylation is 1. The van der Waals surface area contributed by atoms with Gasteiger partial charge < -0.3 is 29.8 Å². The molecule has 4 aromatic heterocycles. The van der Waals surface area contributed by atoms with E-state index in [1.165, 1.54) is 21.4 Å². The minimum atomic E-state index is -0.408. The molecule has 0 unspecified atom stereocenters. The molecule has 1 aromatic carbocycles. The van der Waals surface area contributed by atoms with Gasteiger partial charge in [-0.3, -0.25) is 23.7 Å². The number of benzene rings is 1. The van der Waals surface area contributed by atoms with E-state index < -0.39 is 5.82 Å². The Bertz CT molecular complexity index is 1960. The Labute approximate surface area is 274 Å². The number of aromatic nitrogens is 6. The van der Waals surface area contributed by atoms with Gasteiger partial charge in [-0.05, 0) is 24.3 Å². The van der Waals surface area contributed by atoms with Crippen LogP contribution >= 0.6 is 0 Å². The average molecular weight is 664 g/mol. The van der Waals surface area contributed by atoms with Crippen LogP contribution in [-0.4, -0.2) is 123 Å². The zero-order chi connectivity index (χ0) is 33.2. The average Bonchev–Trinajstić information content (AvgIpc) is 3.84. The van der Waals surface area contributed by atoms with Crippen LogP contribution in [0.1, 0.15) is 0 Å². The summed E-state index contributed by atoms with van der Waals surface area (Å²) < 4.78 is 36.0. The van der Waals surface area contributed by atoms with Gasteiger partial charge in [-0.25, -0.2) is 14.2 Å². The smallest absolute Gasteiger partial charge is 0.330 e.